The summed E-state index contributed by atoms with van der Waals surface area (Å²) < 4.78 is 13.3. The molecular formula is C13H13FN2O2S. The number of benzene rings is 1. The molecule has 0 fully saturated rings. The smallest absolute Gasteiger partial charge is 0.338 e. The molecule has 1 aromatic heterocycles. The van der Waals surface area contributed by atoms with Gasteiger partial charge in [0.05, 0.1) is 16.8 Å². The first-order valence-electron chi connectivity index (χ1n) is 5.63. The minimum atomic E-state index is -1.25. The van der Waals surface area contributed by atoms with E-state index >= 15 is 0 Å². The summed E-state index contributed by atoms with van der Waals surface area (Å²) in [5.74, 6) is -1.96. The van der Waals surface area contributed by atoms with Crippen LogP contribution < -0.4 is 0 Å². The molecular weight excluding hydrogens is 267 g/mol. The van der Waals surface area contributed by atoms with Crippen molar-refractivity contribution < 1.29 is 14.3 Å². The molecule has 0 aliphatic carbocycles. The maximum absolute atomic E-state index is 13.3. The summed E-state index contributed by atoms with van der Waals surface area (Å²) in [5, 5.41) is 10.8. The van der Waals surface area contributed by atoms with Gasteiger partial charge in [-0.25, -0.2) is 14.2 Å². The van der Waals surface area contributed by atoms with Crippen molar-refractivity contribution in [2.24, 2.45) is 0 Å². The number of rotatable bonds is 5. The summed E-state index contributed by atoms with van der Waals surface area (Å²) in [5.41, 5.74) is 3.20. The largest absolute Gasteiger partial charge is 0.478 e. The molecule has 0 saturated heterocycles. The number of nitrogens with zero attached hydrogens (tertiary/aromatic N) is 2. The van der Waals surface area contributed by atoms with Crippen LogP contribution in [0.1, 0.15) is 21.6 Å². The highest BCUT2D eigenvalue weighted by Crippen LogP contribution is 2.13. The third-order valence-corrected chi connectivity index (χ3v) is 3.26. The minimum Gasteiger partial charge on any atom is -0.478 e. The maximum atomic E-state index is 13.3. The summed E-state index contributed by atoms with van der Waals surface area (Å²) in [6, 6.07) is 4.16. The van der Waals surface area contributed by atoms with E-state index in [9.17, 15) is 9.18 Å². The van der Waals surface area contributed by atoms with Gasteiger partial charge < -0.3 is 5.11 Å². The Balaban J connectivity index is 2.06. The Morgan fingerprint density at radius 1 is 1.47 bits per heavy atom. The summed E-state index contributed by atoms with van der Waals surface area (Å²) in [4.78, 5) is 17.0. The normalized spacial score (nSPS) is 10.9. The molecule has 1 aromatic carbocycles. The summed E-state index contributed by atoms with van der Waals surface area (Å²) in [6.45, 7) is 1.21. The van der Waals surface area contributed by atoms with Crippen molar-refractivity contribution >= 4 is 17.3 Å². The van der Waals surface area contributed by atoms with E-state index in [1.54, 1.807) is 11.6 Å². The molecule has 0 spiro atoms. The number of carboxylic acid groups (broad SMARTS) is 1. The van der Waals surface area contributed by atoms with E-state index < -0.39 is 11.8 Å². The standard InChI is InChI=1S/C13H13FN2O2S/c1-16(6-10-7-19-8-15-10)5-9-2-3-12(14)11(4-9)13(17)18/h2-4,7-8H,5-6H2,1H3,(H,17,18). The van der Waals surface area contributed by atoms with E-state index in [0.29, 0.717) is 13.1 Å². The number of hydrogen-bond acceptors (Lipinski definition) is 4. The van der Waals surface area contributed by atoms with Crippen molar-refractivity contribution in [1.82, 2.24) is 9.88 Å². The number of thiazole rings is 1. The van der Waals surface area contributed by atoms with E-state index in [1.807, 2.05) is 17.3 Å². The fourth-order valence-electron chi connectivity index (χ4n) is 1.79. The lowest BCUT2D eigenvalue weighted by molar-refractivity contribution is 0.0691. The van der Waals surface area contributed by atoms with Crippen molar-refractivity contribution in [2.75, 3.05) is 7.05 Å². The molecule has 0 saturated carbocycles. The molecule has 0 atom stereocenters. The number of aromatic nitrogens is 1. The zero-order valence-corrected chi connectivity index (χ0v) is 11.2. The molecule has 2 rings (SSSR count). The Hall–Kier alpha value is -1.79. The Morgan fingerprint density at radius 3 is 2.89 bits per heavy atom. The maximum Gasteiger partial charge on any atom is 0.338 e. The van der Waals surface area contributed by atoms with Gasteiger partial charge in [0.2, 0.25) is 0 Å². The van der Waals surface area contributed by atoms with Gasteiger partial charge in [-0.2, -0.15) is 0 Å². The lowest BCUT2D eigenvalue weighted by atomic mass is 10.1. The predicted molar refractivity (Wildman–Crippen MR) is 70.6 cm³/mol. The fraction of sp³-hybridized carbons (Fsp3) is 0.231. The van der Waals surface area contributed by atoms with Crippen molar-refractivity contribution in [2.45, 2.75) is 13.1 Å². The van der Waals surface area contributed by atoms with E-state index in [-0.39, 0.29) is 5.56 Å². The second kappa shape index (κ2) is 5.90. The number of carboxylic acids is 1. The van der Waals surface area contributed by atoms with Crippen LogP contribution in [-0.2, 0) is 13.1 Å². The van der Waals surface area contributed by atoms with Crippen LogP contribution in [0.15, 0.2) is 29.1 Å². The van der Waals surface area contributed by atoms with Gasteiger partial charge in [-0.1, -0.05) is 6.07 Å². The molecule has 6 heteroatoms. The highest BCUT2D eigenvalue weighted by molar-refractivity contribution is 7.07. The molecule has 19 heavy (non-hydrogen) atoms. The van der Waals surface area contributed by atoms with Gasteiger partial charge in [-0.15, -0.1) is 11.3 Å². The van der Waals surface area contributed by atoms with Crippen LogP contribution in [0.25, 0.3) is 0 Å². The zero-order valence-electron chi connectivity index (χ0n) is 10.3. The first kappa shape index (κ1) is 13.6. The SMILES string of the molecule is CN(Cc1ccc(F)c(C(=O)O)c1)Cc1cscn1. The van der Waals surface area contributed by atoms with Crippen molar-refractivity contribution in [3.05, 3.63) is 51.7 Å². The second-order valence-electron chi connectivity index (χ2n) is 4.27. The quantitative estimate of drug-likeness (QED) is 0.914. The van der Waals surface area contributed by atoms with Crippen LogP contribution in [0.5, 0.6) is 0 Å². The number of aromatic carboxylic acids is 1. The van der Waals surface area contributed by atoms with E-state index in [0.717, 1.165) is 11.3 Å². The topological polar surface area (TPSA) is 53.4 Å². The monoisotopic (exact) mass is 280 g/mol. The second-order valence-corrected chi connectivity index (χ2v) is 4.99. The van der Waals surface area contributed by atoms with Gasteiger partial charge in [0.1, 0.15) is 5.82 Å². The molecule has 4 nitrogen and oxygen atoms in total. The fourth-order valence-corrected chi connectivity index (χ4v) is 2.34. The Labute approximate surface area is 114 Å². The lowest BCUT2D eigenvalue weighted by Gasteiger charge is -2.15. The molecule has 1 N–H and O–H groups in total. The van der Waals surface area contributed by atoms with Gasteiger partial charge in [0.25, 0.3) is 0 Å². The Morgan fingerprint density at radius 2 is 2.26 bits per heavy atom. The summed E-state index contributed by atoms with van der Waals surface area (Å²) in [6.07, 6.45) is 0. The van der Waals surface area contributed by atoms with Crippen molar-refractivity contribution in [3.63, 3.8) is 0 Å². The first-order valence-corrected chi connectivity index (χ1v) is 6.58. The predicted octanol–water partition coefficient (Wildman–Crippen LogP) is 2.61. The van der Waals surface area contributed by atoms with Gasteiger partial charge in [0, 0.05) is 18.5 Å². The van der Waals surface area contributed by atoms with Crippen LogP contribution in [0.3, 0.4) is 0 Å². The first-order chi connectivity index (χ1) is 9.06. The lowest BCUT2D eigenvalue weighted by Crippen LogP contribution is -2.17. The zero-order chi connectivity index (χ0) is 13.8. The molecule has 100 valence electrons. The van der Waals surface area contributed by atoms with E-state index in [2.05, 4.69) is 4.98 Å². The molecule has 0 radical (unpaired) electrons. The van der Waals surface area contributed by atoms with Gasteiger partial charge in [-0.05, 0) is 24.7 Å². The summed E-state index contributed by atoms with van der Waals surface area (Å²) in [7, 11) is 1.91. The van der Waals surface area contributed by atoms with Crippen molar-refractivity contribution in [3.8, 4) is 0 Å². The molecule has 1 heterocycles. The number of carbonyl (C=O) groups is 1. The van der Waals surface area contributed by atoms with Crippen LogP contribution in [0.4, 0.5) is 4.39 Å². The molecule has 0 unspecified atom stereocenters. The number of hydrogen-bond donors (Lipinski definition) is 1. The highest BCUT2D eigenvalue weighted by atomic mass is 32.1. The van der Waals surface area contributed by atoms with Gasteiger partial charge >= 0.3 is 5.97 Å². The van der Waals surface area contributed by atoms with Crippen LogP contribution >= 0.6 is 11.3 Å². The average molecular weight is 280 g/mol. The summed E-state index contributed by atoms with van der Waals surface area (Å²) >= 11 is 1.53. The minimum absolute atomic E-state index is 0.292. The third-order valence-electron chi connectivity index (χ3n) is 2.63. The Kier molecular flexibility index (Phi) is 4.24. The average Bonchev–Trinajstić information content (AvgIpc) is 2.84. The highest BCUT2D eigenvalue weighted by Gasteiger charge is 2.12. The van der Waals surface area contributed by atoms with Gasteiger partial charge in [-0.3, -0.25) is 4.90 Å². The molecule has 2 aromatic rings. The van der Waals surface area contributed by atoms with E-state index in [1.165, 1.54) is 23.5 Å². The van der Waals surface area contributed by atoms with Gasteiger partial charge in [0.15, 0.2) is 0 Å². The van der Waals surface area contributed by atoms with E-state index in [4.69, 9.17) is 5.11 Å². The molecule has 0 amide bonds. The molecule has 0 aliphatic rings. The molecule has 0 bridgehead atoms. The Bertz CT molecular complexity index is 572. The van der Waals surface area contributed by atoms with Crippen LogP contribution in [0, 0.1) is 5.82 Å². The molecule has 0 aliphatic heterocycles. The number of halogens is 1. The third kappa shape index (κ3) is 3.59. The van der Waals surface area contributed by atoms with Crippen molar-refractivity contribution in [1.29, 1.82) is 0 Å². The van der Waals surface area contributed by atoms with Crippen LogP contribution in [-0.4, -0.2) is 28.0 Å². The van der Waals surface area contributed by atoms with Crippen LogP contribution in [0.2, 0.25) is 0 Å².